The minimum absolute atomic E-state index is 0.503. The van der Waals surface area contributed by atoms with Crippen LogP contribution in [0.1, 0.15) is 24.1 Å². The molecular formula is C13H15NO. The van der Waals surface area contributed by atoms with Gasteiger partial charge in [0.15, 0.2) is 0 Å². The van der Waals surface area contributed by atoms with Crippen LogP contribution in [0.15, 0.2) is 28.9 Å². The average molecular weight is 201 g/mol. The standard InChI is InChI=1S/C13H15NO/c1-9-12-8-13-11(4-6-15-13)7-10(12)3-5-14(9)2/h4,6-9H,3,5H2,1-2H3. The van der Waals surface area contributed by atoms with Gasteiger partial charge in [0, 0.05) is 18.0 Å². The van der Waals surface area contributed by atoms with E-state index in [4.69, 9.17) is 4.42 Å². The molecule has 1 unspecified atom stereocenters. The van der Waals surface area contributed by atoms with Crippen molar-refractivity contribution in [3.05, 3.63) is 35.6 Å². The zero-order chi connectivity index (χ0) is 10.4. The van der Waals surface area contributed by atoms with Crippen LogP contribution in [0, 0.1) is 0 Å². The number of furan rings is 1. The summed E-state index contributed by atoms with van der Waals surface area (Å²) in [4.78, 5) is 2.39. The van der Waals surface area contributed by atoms with E-state index in [1.165, 1.54) is 16.5 Å². The van der Waals surface area contributed by atoms with E-state index in [0.29, 0.717) is 6.04 Å². The first-order valence-corrected chi connectivity index (χ1v) is 5.46. The molecule has 2 aromatic rings. The molecule has 15 heavy (non-hydrogen) atoms. The fourth-order valence-electron chi connectivity index (χ4n) is 2.41. The maximum atomic E-state index is 5.45. The Bertz CT molecular complexity index is 500. The van der Waals surface area contributed by atoms with Gasteiger partial charge in [-0.2, -0.15) is 0 Å². The molecule has 0 saturated heterocycles. The summed E-state index contributed by atoms with van der Waals surface area (Å²) < 4.78 is 5.45. The van der Waals surface area contributed by atoms with E-state index in [1.54, 1.807) is 6.26 Å². The molecule has 78 valence electrons. The summed E-state index contributed by atoms with van der Waals surface area (Å²) in [7, 11) is 2.18. The number of hydrogen-bond acceptors (Lipinski definition) is 2. The van der Waals surface area contributed by atoms with Gasteiger partial charge in [-0.25, -0.2) is 0 Å². The van der Waals surface area contributed by atoms with Crippen molar-refractivity contribution in [2.45, 2.75) is 19.4 Å². The van der Waals surface area contributed by atoms with E-state index in [1.807, 2.05) is 6.07 Å². The molecule has 1 aromatic heterocycles. The molecule has 2 heterocycles. The van der Waals surface area contributed by atoms with Gasteiger partial charge in [-0.05, 0) is 49.7 Å². The number of benzene rings is 1. The van der Waals surface area contributed by atoms with Crippen LogP contribution in [0.25, 0.3) is 11.0 Å². The predicted octanol–water partition coefficient (Wildman–Crippen LogP) is 2.98. The summed E-state index contributed by atoms with van der Waals surface area (Å²) in [6.07, 6.45) is 2.92. The van der Waals surface area contributed by atoms with Crippen molar-refractivity contribution < 1.29 is 4.42 Å². The van der Waals surface area contributed by atoms with Gasteiger partial charge in [0.2, 0.25) is 0 Å². The molecule has 0 fully saturated rings. The summed E-state index contributed by atoms with van der Waals surface area (Å²) in [6, 6.07) is 7.02. The summed E-state index contributed by atoms with van der Waals surface area (Å²) in [5.41, 5.74) is 3.91. The Kier molecular flexibility index (Phi) is 1.86. The van der Waals surface area contributed by atoms with Crippen LogP contribution in [-0.4, -0.2) is 18.5 Å². The van der Waals surface area contributed by atoms with E-state index in [2.05, 4.69) is 31.0 Å². The zero-order valence-corrected chi connectivity index (χ0v) is 9.16. The quantitative estimate of drug-likeness (QED) is 0.651. The molecule has 0 N–H and O–H groups in total. The van der Waals surface area contributed by atoms with Crippen molar-refractivity contribution in [3.63, 3.8) is 0 Å². The highest BCUT2D eigenvalue weighted by atomic mass is 16.3. The molecule has 3 rings (SSSR count). The molecule has 0 spiro atoms. The van der Waals surface area contributed by atoms with Gasteiger partial charge >= 0.3 is 0 Å². The van der Waals surface area contributed by atoms with Crippen LogP contribution < -0.4 is 0 Å². The van der Waals surface area contributed by atoms with E-state index in [-0.39, 0.29) is 0 Å². The maximum absolute atomic E-state index is 5.45. The molecule has 0 bridgehead atoms. The normalized spacial score (nSPS) is 21.9. The van der Waals surface area contributed by atoms with Crippen LogP contribution in [-0.2, 0) is 6.42 Å². The van der Waals surface area contributed by atoms with Crippen molar-refractivity contribution in [2.24, 2.45) is 0 Å². The van der Waals surface area contributed by atoms with Crippen molar-refractivity contribution >= 4 is 11.0 Å². The third-order valence-electron chi connectivity index (χ3n) is 3.56. The monoisotopic (exact) mass is 201 g/mol. The highest BCUT2D eigenvalue weighted by molar-refractivity contribution is 5.79. The van der Waals surface area contributed by atoms with Gasteiger partial charge in [0.25, 0.3) is 0 Å². The number of nitrogens with zero attached hydrogens (tertiary/aromatic N) is 1. The third-order valence-corrected chi connectivity index (χ3v) is 3.56. The van der Waals surface area contributed by atoms with Gasteiger partial charge in [-0.1, -0.05) is 0 Å². The second-order valence-corrected chi connectivity index (χ2v) is 4.42. The topological polar surface area (TPSA) is 16.4 Å². The largest absolute Gasteiger partial charge is 0.464 e. The van der Waals surface area contributed by atoms with Gasteiger partial charge in [-0.15, -0.1) is 0 Å². The van der Waals surface area contributed by atoms with Crippen LogP contribution in [0.2, 0.25) is 0 Å². The van der Waals surface area contributed by atoms with E-state index in [9.17, 15) is 0 Å². The van der Waals surface area contributed by atoms with E-state index >= 15 is 0 Å². The molecule has 0 radical (unpaired) electrons. The molecule has 2 heteroatoms. The Labute approximate surface area is 89.5 Å². The third kappa shape index (κ3) is 1.29. The molecule has 1 aliphatic rings. The number of fused-ring (bicyclic) bond motifs is 2. The van der Waals surface area contributed by atoms with Crippen molar-refractivity contribution in [2.75, 3.05) is 13.6 Å². The summed E-state index contributed by atoms with van der Waals surface area (Å²) in [6.45, 7) is 3.41. The highest BCUT2D eigenvalue weighted by Gasteiger charge is 2.21. The minimum Gasteiger partial charge on any atom is -0.464 e. The van der Waals surface area contributed by atoms with Crippen LogP contribution in [0.5, 0.6) is 0 Å². The minimum atomic E-state index is 0.503. The summed E-state index contributed by atoms with van der Waals surface area (Å²) in [5, 5.41) is 1.23. The molecule has 1 aromatic carbocycles. The Morgan fingerprint density at radius 3 is 3.13 bits per heavy atom. The van der Waals surface area contributed by atoms with Crippen molar-refractivity contribution in [1.29, 1.82) is 0 Å². The second-order valence-electron chi connectivity index (χ2n) is 4.42. The lowest BCUT2D eigenvalue weighted by Crippen LogP contribution is -2.30. The molecule has 0 saturated carbocycles. The average Bonchev–Trinajstić information content (AvgIpc) is 2.68. The fourth-order valence-corrected chi connectivity index (χ4v) is 2.41. The summed E-state index contributed by atoms with van der Waals surface area (Å²) in [5.74, 6) is 0. The zero-order valence-electron chi connectivity index (χ0n) is 9.16. The van der Waals surface area contributed by atoms with Gasteiger partial charge in [0.05, 0.1) is 6.26 Å². The Hall–Kier alpha value is -1.28. The first-order chi connectivity index (χ1) is 7.25. The molecule has 0 aliphatic carbocycles. The van der Waals surface area contributed by atoms with Crippen LogP contribution in [0.3, 0.4) is 0 Å². The molecule has 2 nitrogen and oxygen atoms in total. The molecule has 1 atom stereocenters. The van der Waals surface area contributed by atoms with Gasteiger partial charge in [-0.3, -0.25) is 4.90 Å². The lowest BCUT2D eigenvalue weighted by molar-refractivity contribution is 0.247. The Morgan fingerprint density at radius 2 is 2.27 bits per heavy atom. The molecule has 1 aliphatic heterocycles. The van der Waals surface area contributed by atoms with Gasteiger partial charge < -0.3 is 4.42 Å². The maximum Gasteiger partial charge on any atom is 0.134 e. The smallest absolute Gasteiger partial charge is 0.134 e. The van der Waals surface area contributed by atoms with Crippen molar-refractivity contribution in [3.8, 4) is 0 Å². The predicted molar refractivity (Wildman–Crippen MR) is 61.0 cm³/mol. The van der Waals surface area contributed by atoms with Crippen molar-refractivity contribution in [1.82, 2.24) is 4.90 Å². The first kappa shape index (κ1) is 8.98. The highest BCUT2D eigenvalue weighted by Crippen LogP contribution is 2.31. The number of likely N-dealkylation sites (N-methyl/N-ethyl adjacent to an activating group) is 1. The van der Waals surface area contributed by atoms with E-state index < -0.39 is 0 Å². The number of rotatable bonds is 0. The Morgan fingerprint density at radius 1 is 1.40 bits per heavy atom. The van der Waals surface area contributed by atoms with Crippen LogP contribution in [0.4, 0.5) is 0 Å². The lowest BCUT2D eigenvalue weighted by atomic mass is 9.93. The first-order valence-electron chi connectivity index (χ1n) is 5.46. The van der Waals surface area contributed by atoms with Crippen LogP contribution >= 0.6 is 0 Å². The lowest BCUT2D eigenvalue weighted by Gasteiger charge is -2.31. The summed E-state index contributed by atoms with van der Waals surface area (Å²) >= 11 is 0. The fraction of sp³-hybridized carbons (Fsp3) is 0.385. The second kappa shape index (κ2) is 3.11. The SMILES string of the molecule is CC1c2cc3occc3cc2CCN1C. The molecule has 0 amide bonds. The molecular weight excluding hydrogens is 186 g/mol. The van der Waals surface area contributed by atoms with Gasteiger partial charge in [0.1, 0.15) is 5.58 Å². The Balaban J connectivity index is 2.22. The van der Waals surface area contributed by atoms with E-state index in [0.717, 1.165) is 18.5 Å². The number of hydrogen-bond donors (Lipinski definition) is 0.